The molecule has 0 spiro atoms. The van der Waals surface area contributed by atoms with Crippen LogP contribution in [0.15, 0.2) is 18.2 Å². The summed E-state index contributed by atoms with van der Waals surface area (Å²) in [6, 6.07) is 4.84. The molecule has 0 unspecified atom stereocenters. The average Bonchev–Trinajstić information content (AvgIpc) is 2.29. The van der Waals surface area contributed by atoms with E-state index in [1.807, 2.05) is 11.8 Å². The fraction of sp³-hybridized carbons (Fsp3) is 0.417. The van der Waals surface area contributed by atoms with Gasteiger partial charge in [0.05, 0.1) is 12.1 Å². The van der Waals surface area contributed by atoms with Crippen LogP contribution < -0.4 is 10.5 Å². The Labute approximate surface area is 106 Å². The predicted octanol–water partition coefficient (Wildman–Crippen LogP) is 1.94. The summed E-state index contributed by atoms with van der Waals surface area (Å²) in [5.74, 6) is 0.245. The van der Waals surface area contributed by atoms with Crippen molar-refractivity contribution in [1.29, 1.82) is 0 Å². The zero-order valence-corrected chi connectivity index (χ0v) is 10.9. The Morgan fingerprint density at radius 2 is 2.24 bits per heavy atom. The second-order valence-electron chi connectivity index (χ2n) is 3.73. The van der Waals surface area contributed by atoms with Crippen molar-refractivity contribution < 1.29 is 9.13 Å². The number of halogens is 1. The number of thiocarbonyl (C=S) groups is 1. The zero-order chi connectivity index (χ0) is 12.8. The third-order valence-electron chi connectivity index (χ3n) is 2.48. The molecule has 1 aromatic carbocycles. The van der Waals surface area contributed by atoms with Crippen LogP contribution in [-0.4, -0.2) is 30.1 Å². The minimum atomic E-state index is -0.272. The molecule has 94 valence electrons. The van der Waals surface area contributed by atoms with Crippen molar-refractivity contribution in [3.05, 3.63) is 29.6 Å². The summed E-state index contributed by atoms with van der Waals surface area (Å²) in [5.41, 5.74) is 6.10. The van der Waals surface area contributed by atoms with Crippen molar-refractivity contribution in [2.75, 3.05) is 20.2 Å². The first-order valence-electron chi connectivity index (χ1n) is 5.40. The zero-order valence-electron chi connectivity index (χ0n) is 10.1. The molecule has 0 fully saturated rings. The molecule has 0 radical (unpaired) electrons. The van der Waals surface area contributed by atoms with E-state index >= 15 is 0 Å². The number of nitrogens with zero attached hydrogens (tertiary/aromatic N) is 1. The van der Waals surface area contributed by atoms with Gasteiger partial charge in [-0.25, -0.2) is 4.39 Å². The molecule has 0 aliphatic carbocycles. The van der Waals surface area contributed by atoms with E-state index < -0.39 is 0 Å². The van der Waals surface area contributed by atoms with Crippen molar-refractivity contribution in [1.82, 2.24) is 4.90 Å². The maximum atomic E-state index is 13.7. The monoisotopic (exact) mass is 256 g/mol. The molecular weight excluding hydrogens is 239 g/mol. The van der Waals surface area contributed by atoms with E-state index in [1.54, 1.807) is 12.1 Å². The molecule has 0 saturated carbocycles. The fourth-order valence-corrected chi connectivity index (χ4v) is 1.71. The predicted molar refractivity (Wildman–Crippen MR) is 70.7 cm³/mol. The number of hydrogen-bond donors (Lipinski definition) is 1. The highest BCUT2D eigenvalue weighted by Gasteiger charge is 2.09. The van der Waals surface area contributed by atoms with E-state index in [0.29, 0.717) is 29.4 Å². The van der Waals surface area contributed by atoms with Crippen molar-refractivity contribution in [3.63, 3.8) is 0 Å². The van der Waals surface area contributed by atoms with E-state index in [9.17, 15) is 4.39 Å². The minimum absolute atomic E-state index is 0.272. The number of nitrogens with two attached hydrogens (primary N) is 1. The highest BCUT2D eigenvalue weighted by atomic mass is 32.1. The summed E-state index contributed by atoms with van der Waals surface area (Å²) in [6.45, 7) is 3.74. The van der Waals surface area contributed by atoms with Crippen LogP contribution in [-0.2, 0) is 6.54 Å². The third-order valence-corrected chi connectivity index (χ3v) is 2.61. The Morgan fingerprint density at radius 3 is 2.71 bits per heavy atom. The van der Waals surface area contributed by atoms with Gasteiger partial charge in [-0.3, -0.25) is 4.90 Å². The third kappa shape index (κ3) is 4.28. The highest BCUT2D eigenvalue weighted by molar-refractivity contribution is 7.80. The van der Waals surface area contributed by atoms with Gasteiger partial charge in [0.1, 0.15) is 11.6 Å². The van der Waals surface area contributed by atoms with Crippen LogP contribution in [0.5, 0.6) is 5.75 Å². The van der Waals surface area contributed by atoms with Gasteiger partial charge < -0.3 is 10.5 Å². The smallest absolute Gasteiger partial charge is 0.131 e. The standard InChI is InChI=1S/C12H17FN2OS/c1-3-15(8-12(14)17)7-9-4-5-10(16-2)6-11(9)13/h4-6H,3,7-8H2,1-2H3,(H2,14,17). The van der Waals surface area contributed by atoms with Gasteiger partial charge in [0, 0.05) is 24.7 Å². The van der Waals surface area contributed by atoms with Gasteiger partial charge in [-0.05, 0) is 12.6 Å². The highest BCUT2D eigenvalue weighted by Crippen LogP contribution is 2.17. The molecule has 0 heterocycles. The molecule has 0 aromatic heterocycles. The van der Waals surface area contributed by atoms with Gasteiger partial charge in [0.25, 0.3) is 0 Å². The Bertz CT molecular complexity index is 398. The number of ether oxygens (including phenoxy) is 1. The van der Waals surface area contributed by atoms with E-state index in [2.05, 4.69) is 0 Å². The van der Waals surface area contributed by atoms with Crippen LogP contribution in [0.3, 0.4) is 0 Å². The maximum absolute atomic E-state index is 13.7. The normalized spacial score (nSPS) is 10.6. The number of likely N-dealkylation sites (N-methyl/N-ethyl adjacent to an activating group) is 1. The van der Waals surface area contributed by atoms with Crippen LogP contribution in [0.4, 0.5) is 4.39 Å². The van der Waals surface area contributed by atoms with Gasteiger partial charge in [0.15, 0.2) is 0 Å². The van der Waals surface area contributed by atoms with Crippen LogP contribution in [0.1, 0.15) is 12.5 Å². The van der Waals surface area contributed by atoms with Crippen LogP contribution in [0, 0.1) is 5.82 Å². The van der Waals surface area contributed by atoms with Crippen molar-refractivity contribution >= 4 is 17.2 Å². The molecule has 0 saturated heterocycles. The summed E-state index contributed by atoms with van der Waals surface area (Å²) in [6.07, 6.45) is 0. The van der Waals surface area contributed by atoms with E-state index in [-0.39, 0.29) is 5.82 Å². The Kier molecular flexibility index (Phi) is 5.31. The Morgan fingerprint density at radius 1 is 1.53 bits per heavy atom. The average molecular weight is 256 g/mol. The van der Waals surface area contributed by atoms with Gasteiger partial charge in [-0.2, -0.15) is 0 Å². The van der Waals surface area contributed by atoms with Gasteiger partial charge >= 0.3 is 0 Å². The van der Waals surface area contributed by atoms with Gasteiger partial charge in [-0.15, -0.1) is 0 Å². The Hall–Kier alpha value is -1.20. The molecule has 3 nitrogen and oxygen atoms in total. The molecule has 0 amide bonds. The molecule has 0 atom stereocenters. The van der Waals surface area contributed by atoms with E-state index in [0.717, 1.165) is 6.54 Å². The lowest BCUT2D eigenvalue weighted by molar-refractivity contribution is 0.315. The summed E-state index contributed by atoms with van der Waals surface area (Å²) in [4.78, 5) is 2.40. The first-order valence-corrected chi connectivity index (χ1v) is 5.80. The number of benzene rings is 1. The molecule has 2 N–H and O–H groups in total. The number of rotatable bonds is 6. The van der Waals surface area contributed by atoms with Crippen molar-refractivity contribution in [2.45, 2.75) is 13.5 Å². The topological polar surface area (TPSA) is 38.5 Å². The summed E-state index contributed by atoms with van der Waals surface area (Å²) < 4.78 is 18.7. The Balaban J connectivity index is 2.75. The number of hydrogen-bond acceptors (Lipinski definition) is 3. The minimum Gasteiger partial charge on any atom is -0.497 e. The van der Waals surface area contributed by atoms with Gasteiger partial charge in [0.2, 0.25) is 0 Å². The molecular formula is C12H17FN2OS. The van der Waals surface area contributed by atoms with E-state index in [1.165, 1.54) is 13.2 Å². The lowest BCUT2D eigenvalue weighted by Gasteiger charge is -2.20. The van der Waals surface area contributed by atoms with Crippen LogP contribution in [0.2, 0.25) is 0 Å². The molecule has 5 heteroatoms. The van der Waals surface area contributed by atoms with Crippen molar-refractivity contribution in [2.24, 2.45) is 5.73 Å². The second-order valence-corrected chi connectivity index (χ2v) is 4.25. The molecule has 1 aromatic rings. The fourth-order valence-electron chi connectivity index (χ4n) is 1.52. The molecule has 0 bridgehead atoms. The first kappa shape index (κ1) is 13.9. The molecule has 0 aliphatic rings. The summed E-state index contributed by atoms with van der Waals surface area (Å²) >= 11 is 4.85. The van der Waals surface area contributed by atoms with Crippen LogP contribution >= 0.6 is 12.2 Å². The largest absolute Gasteiger partial charge is 0.497 e. The van der Waals surface area contributed by atoms with Crippen LogP contribution in [0.25, 0.3) is 0 Å². The molecule has 0 aliphatic heterocycles. The molecule has 17 heavy (non-hydrogen) atoms. The SMILES string of the molecule is CCN(CC(N)=S)Cc1ccc(OC)cc1F. The molecule has 1 rings (SSSR count). The lowest BCUT2D eigenvalue weighted by atomic mass is 10.2. The summed E-state index contributed by atoms with van der Waals surface area (Å²) in [7, 11) is 1.51. The summed E-state index contributed by atoms with van der Waals surface area (Å²) in [5, 5.41) is 0. The van der Waals surface area contributed by atoms with Gasteiger partial charge in [-0.1, -0.05) is 25.2 Å². The quantitative estimate of drug-likeness (QED) is 0.790. The maximum Gasteiger partial charge on any atom is 0.131 e. The second kappa shape index (κ2) is 6.51. The number of methoxy groups -OCH3 is 1. The first-order chi connectivity index (χ1) is 8.06. The van der Waals surface area contributed by atoms with Crippen molar-refractivity contribution in [3.8, 4) is 5.75 Å². The van der Waals surface area contributed by atoms with E-state index in [4.69, 9.17) is 22.7 Å². The lowest BCUT2D eigenvalue weighted by Crippen LogP contribution is -2.32.